The summed E-state index contributed by atoms with van der Waals surface area (Å²) in [4.78, 5) is 24.3. The van der Waals surface area contributed by atoms with Gasteiger partial charge in [0.2, 0.25) is 0 Å². The van der Waals surface area contributed by atoms with Crippen LogP contribution < -0.4 is 15.4 Å². The Bertz CT molecular complexity index is 918. The summed E-state index contributed by atoms with van der Waals surface area (Å²) in [5, 5.41) is 9.48. The Morgan fingerprint density at radius 3 is 2.38 bits per heavy atom. The monoisotopic (exact) mass is 350 g/mol. The molecule has 0 aliphatic heterocycles. The number of aromatic nitrogens is 2. The second-order valence-electron chi connectivity index (χ2n) is 5.45. The SMILES string of the molecule is CNC(=O)c1ccc(OC)c(NC(=O)c2ccc(-n3cccn3)cc2)c1. The fourth-order valence-corrected chi connectivity index (χ4v) is 2.47. The van der Waals surface area contributed by atoms with Crippen molar-refractivity contribution in [3.8, 4) is 11.4 Å². The van der Waals surface area contributed by atoms with E-state index < -0.39 is 0 Å². The zero-order chi connectivity index (χ0) is 18.5. The molecular weight excluding hydrogens is 332 g/mol. The van der Waals surface area contributed by atoms with E-state index in [-0.39, 0.29) is 11.8 Å². The molecule has 0 unspecified atom stereocenters. The van der Waals surface area contributed by atoms with E-state index in [2.05, 4.69) is 15.7 Å². The van der Waals surface area contributed by atoms with Crippen LogP contribution in [0.5, 0.6) is 5.75 Å². The standard InChI is InChI=1S/C19H18N4O3/c1-20-18(24)14-6-9-17(26-2)16(12-14)22-19(25)13-4-7-15(8-5-13)23-11-3-10-21-23/h3-12H,1-2H3,(H,20,24)(H,22,25). The molecule has 3 aromatic rings. The molecule has 2 N–H and O–H groups in total. The van der Waals surface area contributed by atoms with E-state index in [0.717, 1.165) is 5.69 Å². The fraction of sp³-hybridized carbons (Fsp3) is 0.105. The number of carbonyl (C=O) groups is 2. The van der Waals surface area contributed by atoms with Crippen LogP contribution in [0.1, 0.15) is 20.7 Å². The first-order valence-corrected chi connectivity index (χ1v) is 7.94. The van der Waals surface area contributed by atoms with Crippen molar-refractivity contribution in [1.82, 2.24) is 15.1 Å². The number of hydrogen-bond donors (Lipinski definition) is 2. The summed E-state index contributed by atoms with van der Waals surface area (Å²) in [6, 6.07) is 13.7. The number of hydrogen-bond acceptors (Lipinski definition) is 4. The van der Waals surface area contributed by atoms with Crippen LogP contribution in [0.15, 0.2) is 60.9 Å². The zero-order valence-corrected chi connectivity index (χ0v) is 14.4. The van der Waals surface area contributed by atoms with E-state index in [4.69, 9.17) is 4.74 Å². The molecule has 0 radical (unpaired) electrons. The van der Waals surface area contributed by atoms with E-state index in [1.165, 1.54) is 7.11 Å². The Labute approximate surface area is 150 Å². The summed E-state index contributed by atoms with van der Waals surface area (Å²) in [6.45, 7) is 0. The molecule has 0 saturated carbocycles. The Kier molecular flexibility index (Phi) is 4.98. The third kappa shape index (κ3) is 3.56. The molecule has 0 saturated heterocycles. The van der Waals surface area contributed by atoms with E-state index in [1.54, 1.807) is 60.4 Å². The van der Waals surface area contributed by atoms with Crippen LogP contribution in [-0.2, 0) is 0 Å². The highest BCUT2D eigenvalue weighted by Crippen LogP contribution is 2.26. The minimum absolute atomic E-state index is 0.244. The fourth-order valence-electron chi connectivity index (χ4n) is 2.47. The van der Waals surface area contributed by atoms with Crippen LogP contribution >= 0.6 is 0 Å². The molecule has 2 amide bonds. The van der Waals surface area contributed by atoms with Crippen molar-refractivity contribution in [2.24, 2.45) is 0 Å². The maximum absolute atomic E-state index is 12.5. The van der Waals surface area contributed by atoms with Crippen molar-refractivity contribution in [2.75, 3.05) is 19.5 Å². The van der Waals surface area contributed by atoms with Crippen molar-refractivity contribution in [3.63, 3.8) is 0 Å². The first-order valence-electron chi connectivity index (χ1n) is 7.94. The molecule has 2 aromatic carbocycles. The Morgan fingerprint density at radius 1 is 1.04 bits per heavy atom. The normalized spacial score (nSPS) is 10.2. The average Bonchev–Trinajstić information content (AvgIpc) is 3.22. The van der Waals surface area contributed by atoms with Crippen molar-refractivity contribution < 1.29 is 14.3 Å². The molecular formula is C19H18N4O3. The lowest BCUT2D eigenvalue weighted by Crippen LogP contribution is -2.19. The average molecular weight is 350 g/mol. The number of benzene rings is 2. The van der Waals surface area contributed by atoms with Gasteiger partial charge in [0, 0.05) is 30.6 Å². The lowest BCUT2D eigenvalue weighted by molar-refractivity contribution is 0.0961. The van der Waals surface area contributed by atoms with Gasteiger partial charge in [0.25, 0.3) is 11.8 Å². The molecule has 0 bridgehead atoms. The van der Waals surface area contributed by atoms with Crippen LogP contribution in [0, 0.1) is 0 Å². The van der Waals surface area contributed by atoms with Crippen molar-refractivity contribution in [2.45, 2.75) is 0 Å². The highest BCUT2D eigenvalue weighted by molar-refractivity contribution is 6.06. The molecule has 0 aliphatic rings. The first-order chi connectivity index (χ1) is 12.6. The summed E-state index contributed by atoms with van der Waals surface area (Å²) in [6.07, 6.45) is 3.51. The summed E-state index contributed by atoms with van der Waals surface area (Å²) in [7, 11) is 3.05. The van der Waals surface area contributed by atoms with Gasteiger partial charge in [0.1, 0.15) is 5.75 Å². The third-order valence-electron chi connectivity index (χ3n) is 3.84. The van der Waals surface area contributed by atoms with E-state index in [9.17, 15) is 9.59 Å². The molecule has 0 atom stereocenters. The summed E-state index contributed by atoms with van der Waals surface area (Å²) >= 11 is 0. The minimum Gasteiger partial charge on any atom is -0.495 e. The number of methoxy groups -OCH3 is 1. The van der Waals surface area contributed by atoms with Gasteiger partial charge in [-0.2, -0.15) is 5.10 Å². The van der Waals surface area contributed by atoms with Gasteiger partial charge in [0.05, 0.1) is 18.5 Å². The number of nitrogens with zero attached hydrogens (tertiary/aromatic N) is 2. The molecule has 1 heterocycles. The second-order valence-corrected chi connectivity index (χ2v) is 5.45. The van der Waals surface area contributed by atoms with Gasteiger partial charge in [-0.1, -0.05) is 0 Å². The van der Waals surface area contributed by atoms with Crippen LogP contribution in [0.4, 0.5) is 5.69 Å². The molecule has 7 nitrogen and oxygen atoms in total. The first kappa shape index (κ1) is 17.2. The largest absolute Gasteiger partial charge is 0.495 e. The molecule has 7 heteroatoms. The lowest BCUT2D eigenvalue weighted by atomic mass is 10.1. The number of amides is 2. The van der Waals surface area contributed by atoms with E-state index >= 15 is 0 Å². The molecule has 1 aromatic heterocycles. The van der Waals surface area contributed by atoms with Gasteiger partial charge >= 0.3 is 0 Å². The molecule has 0 spiro atoms. The van der Waals surface area contributed by atoms with Gasteiger partial charge in [-0.05, 0) is 48.5 Å². The molecule has 132 valence electrons. The number of nitrogens with one attached hydrogen (secondary N) is 2. The molecule has 0 fully saturated rings. The minimum atomic E-state index is -0.302. The number of carbonyl (C=O) groups excluding carboxylic acids is 2. The van der Waals surface area contributed by atoms with Gasteiger partial charge in [-0.15, -0.1) is 0 Å². The summed E-state index contributed by atoms with van der Waals surface area (Å²) in [5.74, 6) is -0.0738. The van der Waals surface area contributed by atoms with Crippen LogP contribution in [-0.4, -0.2) is 35.8 Å². The third-order valence-corrected chi connectivity index (χ3v) is 3.84. The quantitative estimate of drug-likeness (QED) is 0.740. The Morgan fingerprint density at radius 2 is 1.77 bits per heavy atom. The van der Waals surface area contributed by atoms with Crippen LogP contribution in [0.2, 0.25) is 0 Å². The zero-order valence-electron chi connectivity index (χ0n) is 14.4. The molecule has 0 aliphatic carbocycles. The van der Waals surface area contributed by atoms with Gasteiger partial charge in [-0.3, -0.25) is 9.59 Å². The summed E-state index contributed by atoms with van der Waals surface area (Å²) in [5.41, 5.74) is 2.19. The highest BCUT2D eigenvalue weighted by atomic mass is 16.5. The maximum Gasteiger partial charge on any atom is 0.255 e. The number of anilines is 1. The lowest BCUT2D eigenvalue weighted by Gasteiger charge is -2.12. The maximum atomic E-state index is 12.5. The Balaban J connectivity index is 1.82. The van der Waals surface area contributed by atoms with Gasteiger partial charge in [-0.25, -0.2) is 4.68 Å². The van der Waals surface area contributed by atoms with Gasteiger partial charge < -0.3 is 15.4 Å². The number of ether oxygens (including phenoxy) is 1. The second kappa shape index (κ2) is 7.52. The van der Waals surface area contributed by atoms with E-state index in [0.29, 0.717) is 22.6 Å². The smallest absolute Gasteiger partial charge is 0.255 e. The Hall–Kier alpha value is -3.61. The van der Waals surface area contributed by atoms with Crippen molar-refractivity contribution in [1.29, 1.82) is 0 Å². The molecule has 26 heavy (non-hydrogen) atoms. The highest BCUT2D eigenvalue weighted by Gasteiger charge is 2.13. The van der Waals surface area contributed by atoms with Crippen LogP contribution in [0.3, 0.4) is 0 Å². The topological polar surface area (TPSA) is 85.3 Å². The number of rotatable bonds is 5. The molecule has 3 rings (SSSR count). The van der Waals surface area contributed by atoms with E-state index in [1.807, 2.05) is 12.3 Å². The summed E-state index contributed by atoms with van der Waals surface area (Å²) < 4.78 is 6.97. The predicted octanol–water partition coefficient (Wildman–Crippen LogP) is 2.49. The van der Waals surface area contributed by atoms with Crippen molar-refractivity contribution >= 4 is 17.5 Å². The van der Waals surface area contributed by atoms with Crippen molar-refractivity contribution in [3.05, 3.63) is 72.1 Å². The predicted molar refractivity (Wildman–Crippen MR) is 97.9 cm³/mol. The van der Waals surface area contributed by atoms with Gasteiger partial charge in [0.15, 0.2) is 0 Å². The van der Waals surface area contributed by atoms with Crippen LogP contribution in [0.25, 0.3) is 5.69 Å².